The predicted molar refractivity (Wildman–Crippen MR) is 279 cm³/mol. The number of anilines is 3. The molecule has 1 heterocycles. The van der Waals surface area contributed by atoms with Crippen LogP contribution in [0.4, 0.5) is 17.1 Å². The summed E-state index contributed by atoms with van der Waals surface area (Å²) in [5.74, 6) is 0. The van der Waals surface area contributed by atoms with Crippen molar-refractivity contribution in [2.45, 2.75) is 38.5 Å². The van der Waals surface area contributed by atoms with Crippen LogP contribution in [0.1, 0.15) is 49.9 Å². The molecule has 0 amide bonds. The fraction of sp³-hybridized carbons (Fsp3) is 0.0938. The summed E-state index contributed by atoms with van der Waals surface area (Å²) in [7, 11) is 0. The van der Waals surface area contributed by atoms with Crippen molar-refractivity contribution in [1.82, 2.24) is 4.57 Å². The predicted octanol–water partition coefficient (Wildman–Crippen LogP) is 17.4. The van der Waals surface area contributed by atoms with E-state index in [2.05, 4.69) is 256 Å². The van der Waals surface area contributed by atoms with Gasteiger partial charge in [-0.05, 0) is 127 Å². The second-order valence-electron chi connectivity index (χ2n) is 19.3. The maximum absolute atomic E-state index is 2.54. The summed E-state index contributed by atoms with van der Waals surface area (Å²) in [5, 5.41) is 4.98. The molecule has 0 fully saturated rings. The monoisotopic (exact) mass is 844 g/mol. The van der Waals surface area contributed by atoms with E-state index in [1.165, 1.54) is 99.3 Å². The van der Waals surface area contributed by atoms with Gasteiger partial charge in [0, 0.05) is 44.1 Å². The molecular formula is C64H48N2. The molecule has 13 rings (SSSR count). The molecule has 2 aliphatic carbocycles. The molecule has 0 bridgehead atoms. The summed E-state index contributed by atoms with van der Waals surface area (Å²) in [6.07, 6.45) is 0. The molecule has 0 atom stereocenters. The largest absolute Gasteiger partial charge is 0.310 e. The van der Waals surface area contributed by atoms with Crippen LogP contribution in [-0.2, 0) is 10.8 Å². The van der Waals surface area contributed by atoms with Crippen molar-refractivity contribution in [1.29, 1.82) is 0 Å². The number of benzene rings is 10. The second-order valence-corrected chi connectivity index (χ2v) is 19.3. The van der Waals surface area contributed by atoms with E-state index >= 15 is 0 Å². The Kier molecular flexibility index (Phi) is 8.33. The Morgan fingerprint density at radius 1 is 0.333 bits per heavy atom. The fourth-order valence-corrected chi connectivity index (χ4v) is 11.6. The maximum atomic E-state index is 2.54. The molecule has 0 unspecified atom stereocenters. The van der Waals surface area contributed by atoms with E-state index in [4.69, 9.17) is 0 Å². The van der Waals surface area contributed by atoms with Crippen molar-refractivity contribution in [2.24, 2.45) is 0 Å². The Labute approximate surface area is 386 Å². The van der Waals surface area contributed by atoms with E-state index < -0.39 is 0 Å². The summed E-state index contributed by atoms with van der Waals surface area (Å²) < 4.78 is 2.54. The zero-order valence-electron chi connectivity index (χ0n) is 37.7. The summed E-state index contributed by atoms with van der Waals surface area (Å²) in [6, 6.07) is 81.4. The molecule has 11 aromatic rings. The van der Waals surface area contributed by atoms with E-state index in [0.717, 1.165) is 22.7 Å². The molecule has 0 N–H and O–H groups in total. The van der Waals surface area contributed by atoms with Gasteiger partial charge in [-0.25, -0.2) is 0 Å². The first-order valence-electron chi connectivity index (χ1n) is 23.3. The van der Waals surface area contributed by atoms with Crippen LogP contribution in [0.5, 0.6) is 0 Å². The molecule has 2 aliphatic rings. The quantitative estimate of drug-likeness (QED) is 0.162. The third kappa shape index (κ3) is 5.61. The minimum atomic E-state index is -0.151. The van der Waals surface area contributed by atoms with Crippen molar-refractivity contribution < 1.29 is 0 Å². The van der Waals surface area contributed by atoms with Gasteiger partial charge in [0.15, 0.2) is 0 Å². The van der Waals surface area contributed by atoms with Gasteiger partial charge in [0.25, 0.3) is 0 Å². The Bertz CT molecular complexity index is 3720. The van der Waals surface area contributed by atoms with E-state index in [0.29, 0.717) is 0 Å². The van der Waals surface area contributed by atoms with E-state index in [9.17, 15) is 0 Å². The summed E-state index contributed by atoms with van der Waals surface area (Å²) >= 11 is 0. The van der Waals surface area contributed by atoms with Gasteiger partial charge in [0.1, 0.15) is 0 Å². The highest BCUT2D eigenvalue weighted by atomic mass is 15.1. The van der Waals surface area contributed by atoms with Gasteiger partial charge in [0.2, 0.25) is 0 Å². The Morgan fingerprint density at radius 3 is 1.45 bits per heavy atom. The first kappa shape index (κ1) is 38.5. The molecule has 0 saturated heterocycles. The van der Waals surface area contributed by atoms with Crippen molar-refractivity contribution in [3.63, 3.8) is 0 Å². The van der Waals surface area contributed by atoms with Gasteiger partial charge in [-0.1, -0.05) is 191 Å². The average Bonchev–Trinajstić information content (AvgIpc) is 3.90. The number of nitrogens with zero attached hydrogens (tertiary/aromatic N) is 2. The summed E-state index contributed by atoms with van der Waals surface area (Å²) in [6.45, 7) is 9.52. The van der Waals surface area contributed by atoms with Crippen LogP contribution in [0.25, 0.3) is 82.8 Å². The fourth-order valence-electron chi connectivity index (χ4n) is 11.6. The Morgan fingerprint density at radius 2 is 0.818 bits per heavy atom. The van der Waals surface area contributed by atoms with E-state index in [-0.39, 0.29) is 10.8 Å². The molecule has 1 aromatic heterocycles. The zero-order valence-corrected chi connectivity index (χ0v) is 37.7. The van der Waals surface area contributed by atoms with Gasteiger partial charge in [-0.3, -0.25) is 0 Å². The minimum Gasteiger partial charge on any atom is -0.310 e. The van der Waals surface area contributed by atoms with Gasteiger partial charge in [-0.2, -0.15) is 0 Å². The summed E-state index contributed by atoms with van der Waals surface area (Å²) in [5.41, 5.74) is 22.2. The maximum Gasteiger partial charge on any atom is 0.0568 e. The molecule has 0 aliphatic heterocycles. The SMILES string of the molecule is CC1(C)c2ccccc2-c2ccc(N(c3ccc(-c4ccccc4)cc3)c3cc4c(c5ccccc35)c3cc5c(cc3n4-c3ccc(-c4ccccc4)cc3)C(C)(C)c3ccccc3-5)cc21. The molecular weight excluding hydrogens is 797 g/mol. The van der Waals surface area contributed by atoms with Crippen LogP contribution >= 0.6 is 0 Å². The van der Waals surface area contributed by atoms with Gasteiger partial charge < -0.3 is 9.47 Å². The highest BCUT2D eigenvalue weighted by Crippen LogP contribution is 2.54. The number of fused-ring (bicyclic) bond motifs is 11. The third-order valence-electron chi connectivity index (χ3n) is 15.0. The van der Waals surface area contributed by atoms with Crippen LogP contribution < -0.4 is 4.90 Å². The van der Waals surface area contributed by atoms with Crippen LogP contribution in [-0.4, -0.2) is 4.57 Å². The first-order chi connectivity index (χ1) is 32.3. The van der Waals surface area contributed by atoms with Crippen molar-refractivity contribution in [2.75, 3.05) is 4.90 Å². The van der Waals surface area contributed by atoms with Gasteiger partial charge in [-0.15, -0.1) is 0 Å². The lowest BCUT2D eigenvalue weighted by atomic mass is 9.82. The molecule has 0 spiro atoms. The zero-order chi connectivity index (χ0) is 44.3. The number of aromatic nitrogens is 1. The lowest BCUT2D eigenvalue weighted by molar-refractivity contribution is 0.660. The van der Waals surface area contributed by atoms with Crippen LogP contribution in [0.15, 0.2) is 218 Å². The minimum absolute atomic E-state index is 0.143. The van der Waals surface area contributed by atoms with Crippen molar-refractivity contribution in [3.05, 3.63) is 241 Å². The van der Waals surface area contributed by atoms with E-state index in [1.54, 1.807) is 0 Å². The normalized spacial score (nSPS) is 14.0. The van der Waals surface area contributed by atoms with Gasteiger partial charge >= 0.3 is 0 Å². The Hall–Kier alpha value is -7.94. The van der Waals surface area contributed by atoms with Crippen molar-refractivity contribution >= 4 is 49.6 Å². The highest BCUT2D eigenvalue weighted by Gasteiger charge is 2.38. The van der Waals surface area contributed by atoms with E-state index in [1.807, 2.05) is 0 Å². The average molecular weight is 845 g/mol. The summed E-state index contributed by atoms with van der Waals surface area (Å²) in [4.78, 5) is 2.51. The van der Waals surface area contributed by atoms with Crippen molar-refractivity contribution in [3.8, 4) is 50.2 Å². The third-order valence-corrected chi connectivity index (χ3v) is 15.0. The number of hydrogen-bond donors (Lipinski definition) is 0. The number of hydrogen-bond acceptors (Lipinski definition) is 1. The second kappa shape index (κ2) is 14.3. The molecule has 10 aromatic carbocycles. The molecule has 0 saturated carbocycles. The molecule has 66 heavy (non-hydrogen) atoms. The van der Waals surface area contributed by atoms with Crippen LogP contribution in [0, 0.1) is 0 Å². The highest BCUT2D eigenvalue weighted by molar-refractivity contribution is 6.25. The topological polar surface area (TPSA) is 8.17 Å². The lowest BCUT2D eigenvalue weighted by Crippen LogP contribution is -2.16. The first-order valence-corrected chi connectivity index (χ1v) is 23.3. The number of rotatable bonds is 6. The van der Waals surface area contributed by atoms with Crippen LogP contribution in [0.3, 0.4) is 0 Å². The van der Waals surface area contributed by atoms with Crippen LogP contribution in [0.2, 0.25) is 0 Å². The Balaban J connectivity index is 1.11. The lowest BCUT2D eigenvalue weighted by Gasteiger charge is -2.29. The van der Waals surface area contributed by atoms with Gasteiger partial charge in [0.05, 0.1) is 16.7 Å². The molecule has 0 radical (unpaired) electrons. The smallest absolute Gasteiger partial charge is 0.0568 e. The standard InChI is InChI=1S/C64H48N2/c1-63(2)55-25-15-13-21-48(55)50-36-35-47(37-57(50)63)65(45-31-27-43(28-32-45)41-17-7-5-8-18-41)60-40-61-62(52-24-12-11-23-51(52)60)54-38-53-49-22-14-16-26-56(49)64(3,4)58(53)39-59(54)66(61)46-33-29-44(30-34-46)42-19-9-6-10-20-42/h5-40H,1-4H3. The molecule has 2 heteroatoms. The molecule has 2 nitrogen and oxygen atoms in total. The molecule has 314 valence electrons.